The molecule has 1 amide bonds. The number of rotatable bonds is 7. The van der Waals surface area contributed by atoms with E-state index in [2.05, 4.69) is 10.3 Å². The van der Waals surface area contributed by atoms with E-state index in [4.69, 9.17) is 9.47 Å². The normalized spacial score (nSPS) is 10.7. The molecule has 8 heteroatoms. The second-order valence-electron chi connectivity index (χ2n) is 6.12. The first-order chi connectivity index (χ1) is 13.4. The molecule has 0 saturated heterocycles. The summed E-state index contributed by atoms with van der Waals surface area (Å²) in [6.07, 6.45) is 0. The number of carbonyl (C=O) groups is 2. The molecule has 0 unspecified atom stereocenters. The quantitative estimate of drug-likeness (QED) is 0.460. The van der Waals surface area contributed by atoms with Crippen molar-refractivity contribution in [3.63, 3.8) is 0 Å². The van der Waals surface area contributed by atoms with Crippen molar-refractivity contribution in [1.82, 2.24) is 4.98 Å². The number of benzene rings is 2. The van der Waals surface area contributed by atoms with Crippen molar-refractivity contribution in [2.45, 2.75) is 18.7 Å². The molecule has 3 rings (SSSR count). The van der Waals surface area contributed by atoms with E-state index in [-0.39, 0.29) is 12.4 Å². The Kier molecular flexibility index (Phi) is 6.53. The summed E-state index contributed by atoms with van der Waals surface area (Å²) in [5.74, 6) is 0.0221. The predicted molar refractivity (Wildman–Crippen MR) is 112 cm³/mol. The second kappa shape index (κ2) is 9.07. The fourth-order valence-corrected chi connectivity index (χ4v) is 4.26. The molecule has 0 aliphatic rings. The summed E-state index contributed by atoms with van der Waals surface area (Å²) < 4.78 is 11.1. The summed E-state index contributed by atoms with van der Waals surface area (Å²) in [6.45, 7) is 3.66. The number of nitrogens with one attached hydrogen (secondary N) is 1. The topological polar surface area (TPSA) is 77.5 Å². The van der Waals surface area contributed by atoms with Crippen molar-refractivity contribution >= 4 is 50.3 Å². The summed E-state index contributed by atoms with van der Waals surface area (Å²) >= 11 is 2.74. The van der Waals surface area contributed by atoms with Gasteiger partial charge in [-0.1, -0.05) is 29.0 Å². The number of thioether (sulfide) groups is 1. The molecule has 0 fully saturated rings. The Morgan fingerprint density at radius 2 is 2.00 bits per heavy atom. The van der Waals surface area contributed by atoms with Crippen molar-refractivity contribution in [3.05, 3.63) is 47.5 Å². The highest BCUT2D eigenvalue weighted by atomic mass is 32.2. The maximum atomic E-state index is 12.0. The van der Waals surface area contributed by atoms with Crippen LogP contribution in [0.1, 0.15) is 11.1 Å². The molecule has 0 atom stereocenters. The number of methoxy groups -OCH3 is 1. The van der Waals surface area contributed by atoms with E-state index in [1.165, 1.54) is 23.1 Å². The van der Waals surface area contributed by atoms with Crippen molar-refractivity contribution in [1.29, 1.82) is 0 Å². The third-order valence-corrected chi connectivity index (χ3v) is 5.96. The molecule has 0 radical (unpaired) electrons. The number of thiazole rings is 1. The molecule has 0 saturated carbocycles. The molecule has 0 spiro atoms. The number of carbonyl (C=O) groups excluding carboxylic acids is 2. The number of ether oxygens (including phenoxy) is 2. The largest absolute Gasteiger partial charge is 0.497 e. The molecule has 146 valence electrons. The highest BCUT2D eigenvalue weighted by molar-refractivity contribution is 8.00. The molecular weight excluding hydrogens is 396 g/mol. The average Bonchev–Trinajstić information content (AvgIpc) is 3.08. The number of hydrogen-bond acceptors (Lipinski definition) is 7. The maximum Gasteiger partial charge on any atom is 0.316 e. The monoisotopic (exact) mass is 416 g/mol. The van der Waals surface area contributed by atoms with Crippen LogP contribution in [0.3, 0.4) is 0 Å². The summed E-state index contributed by atoms with van der Waals surface area (Å²) in [6, 6.07) is 11.6. The van der Waals surface area contributed by atoms with Crippen LogP contribution in [0.5, 0.6) is 5.75 Å². The fourth-order valence-electron chi connectivity index (χ4n) is 2.43. The number of aryl methyl sites for hydroxylation is 2. The van der Waals surface area contributed by atoms with Gasteiger partial charge in [0.1, 0.15) is 5.75 Å². The van der Waals surface area contributed by atoms with Crippen LogP contribution in [0.15, 0.2) is 41.3 Å². The third kappa shape index (κ3) is 5.24. The van der Waals surface area contributed by atoms with Crippen LogP contribution in [-0.4, -0.2) is 36.3 Å². The van der Waals surface area contributed by atoms with Gasteiger partial charge in [0.25, 0.3) is 5.91 Å². The molecule has 1 N–H and O–H groups in total. The van der Waals surface area contributed by atoms with Gasteiger partial charge in [-0.2, -0.15) is 0 Å². The van der Waals surface area contributed by atoms with Gasteiger partial charge in [0.15, 0.2) is 11.7 Å². The predicted octanol–water partition coefficient (Wildman–Crippen LogP) is 4.20. The van der Waals surface area contributed by atoms with Crippen LogP contribution in [0.4, 0.5) is 5.13 Å². The number of esters is 1. The van der Waals surface area contributed by atoms with Crippen molar-refractivity contribution in [3.8, 4) is 5.75 Å². The lowest BCUT2D eigenvalue weighted by atomic mass is 10.2. The highest BCUT2D eigenvalue weighted by Gasteiger charge is 2.12. The molecule has 2 aromatic carbocycles. The minimum Gasteiger partial charge on any atom is -0.497 e. The lowest BCUT2D eigenvalue weighted by Crippen LogP contribution is -2.21. The van der Waals surface area contributed by atoms with Crippen LogP contribution in [0.2, 0.25) is 0 Å². The number of amides is 1. The van der Waals surface area contributed by atoms with Crippen molar-refractivity contribution in [2.24, 2.45) is 0 Å². The summed E-state index contributed by atoms with van der Waals surface area (Å²) in [5.41, 5.74) is 3.01. The zero-order chi connectivity index (χ0) is 20.1. The molecule has 1 aromatic heterocycles. The number of fused-ring (bicyclic) bond motifs is 1. The molecular formula is C20H20N2O4S2. The van der Waals surface area contributed by atoms with E-state index in [1.54, 1.807) is 7.11 Å². The second-order valence-corrected chi connectivity index (χ2v) is 8.17. The lowest BCUT2D eigenvalue weighted by Gasteiger charge is -2.07. The Bertz CT molecular complexity index is 1020. The molecule has 28 heavy (non-hydrogen) atoms. The van der Waals surface area contributed by atoms with Gasteiger partial charge in [-0.3, -0.25) is 14.9 Å². The minimum atomic E-state index is -0.435. The molecule has 1 heterocycles. The Morgan fingerprint density at radius 1 is 1.18 bits per heavy atom. The SMILES string of the molecule is COc1ccc2nc(NC(=O)COC(=O)CSc3cc(C)ccc3C)sc2c1. The first-order valence-electron chi connectivity index (χ1n) is 8.54. The van der Waals surface area contributed by atoms with Crippen molar-refractivity contribution in [2.75, 3.05) is 24.8 Å². The van der Waals surface area contributed by atoms with Crippen LogP contribution >= 0.6 is 23.1 Å². The Hall–Kier alpha value is -2.58. The summed E-state index contributed by atoms with van der Waals surface area (Å²) in [7, 11) is 1.60. The van der Waals surface area contributed by atoms with Crippen LogP contribution in [-0.2, 0) is 14.3 Å². The van der Waals surface area contributed by atoms with E-state index in [9.17, 15) is 9.59 Å². The van der Waals surface area contributed by atoms with Gasteiger partial charge in [-0.15, -0.1) is 11.8 Å². The molecule has 6 nitrogen and oxygen atoms in total. The minimum absolute atomic E-state index is 0.151. The number of anilines is 1. The number of aromatic nitrogens is 1. The number of hydrogen-bond donors (Lipinski definition) is 1. The van der Waals surface area contributed by atoms with E-state index in [0.717, 1.165) is 32.0 Å². The fraction of sp³-hybridized carbons (Fsp3) is 0.250. The molecule has 0 aliphatic heterocycles. The van der Waals surface area contributed by atoms with E-state index >= 15 is 0 Å². The molecule has 0 aliphatic carbocycles. The lowest BCUT2D eigenvalue weighted by molar-refractivity contribution is -0.144. The number of nitrogens with zero attached hydrogens (tertiary/aromatic N) is 1. The first-order valence-corrected chi connectivity index (χ1v) is 10.3. The van der Waals surface area contributed by atoms with Crippen LogP contribution < -0.4 is 10.1 Å². The van der Waals surface area contributed by atoms with Gasteiger partial charge < -0.3 is 9.47 Å². The van der Waals surface area contributed by atoms with Crippen LogP contribution in [0.25, 0.3) is 10.2 Å². The zero-order valence-electron chi connectivity index (χ0n) is 15.8. The van der Waals surface area contributed by atoms with Crippen LogP contribution in [0, 0.1) is 13.8 Å². The van der Waals surface area contributed by atoms with E-state index < -0.39 is 11.9 Å². The standard InChI is InChI=1S/C20H20N2O4S2/c1-12-4-5-13(2)16(8-12)27-11-19(24)26-10-18(23)22-20-21-15-7-6-14(25-3)9-17(15)28-20/h4-9H,10-11H2,1-3H3,(H,21,22,23). The zero-order valence-corrected chi connectivity index (χ0v) is 17.4. The summed E-state index contributed by atoms with van der Waals surface area (Å²) in [4.78, 5) is 29.3. The van der Waals surface area contributed by atoms with Gasteiger partial charge >= 0.3 is 5.97 Å². The van der Waals surface area contributed by atoms with Gasteiger partial charge in [-0.05, 0) is 43.7 Å². The van der Waals surface area contributed by atoms with Gasteiger partial charge in [0, 0.05) is 4.90 Å². The third-order valence-electron chi connectivity index (χ3n) is 3.90. The highest BCUT2D eigenvalue weighted by Crippen LogP contribution is 2.29. The van der Waals surface area contributed by atoms with Gasteiger partial charge in [0.05, 0.1) is 23.1 Å². The maximum absolute atomic E-state index is 12.0. The Balaban J connectivity index is 1.48. The Morgan fingerprint density at radius 3 is 2.79 bits per heavy atom. The average molecular weight is 417 g/mol. The molecule has 3 aromatic rings. The van der Waals surface area contributed by atoms with Crippen molar-refractivity contribution < 1.29 is 19.1 Å². The van der Waals surface area contributed by atoms with E-state index in [0.29, 0.717) is 5.13 Å². The Labute approximate surface area is 171 Å². The van der Waals surface area contributed by atoms with Gasteiger partial charge in [-0.25, -0.2) is 4.98 Å². The first kappa shape index (κ1) is 20.2. The molecule has 0 bridgehead atoms. The summed E-state index contributed by atoms with van der Waals surface area (Å²) in [5, 5.41) is 3.11. The van der Waals surface area contributed by atoms with E-state index in [1.807, 2.05) is 50.2 Å². The van der Waals surface area contributed by atoms with Gasteiger partial charge in [0.2, 0.25) is 0 Å². The smallest absolute Gasteiger partial charge is 0.316 e.